The summed E-state index contributed by atoms with van der Waals surface area (Å²) in [4.78, 5) is 0.906. The van der Waals surface area contributed by atoms with Gasteiger partial charge in [-0.05, 0) is 36.2 Å². The standard InChI is InChI=1S/C13H11Cl2FOS/c1-7-5-11(18-13(7)15)12(14)8-3-4-10(17-2)9(16)6-8/h3-6,12H,1-2H3. The summed E-state index contributed by atoms with van der Waals surface area (Å²) in [6.07, 6.45) is 0. The van der Waals surface area contributed by atoms with Gasteiger partial charge in [-0.15, -0.1) is 22.9 Å². The molecule has 0 saturated carbocycles. The van der Waals surface area contributed by atoms with Gasteiger partial charge in [0.2, 0.25) is 0 Å². The summed E-state index contributed by atoms with van der Waals surface area (Å²) < 4.78 is 19.2. The number of alkyl halides is 1. The zero-order valence-electron chi connectivity index (χ0n) is 9.84. The fraction of sp³-hybridized carbons (Fsp3) is 0.231. The first kappa shape index (κ1) is 13.7. The zero-order chi connectivity index (χ0) is 13.3. The summed E-state index contributed by atoms with van der Waals surface area (Å²) in [6.45, 7) is 1.92. The molecule has 1 aromatic heterocycles. The van der Waals surface area contributed by atoms with E-state index < -0.39 is 11.2 Å². The number of aryl methyl sites for hydroxylation is 1. The van der Waals surface area contributed by atoms with Crippen molar-refractivity contribution in [3.63, 3.8) is 0 Å². The highest BCUT2D eigenvalue weighted by Gasteiger charge is 2.16. The fourth-order valence-corrected chi connectivity index (χ4v) is 3.17. The van der Waals surface area contributed by atoms with E-state index in [1.807, 2.05) is 13.0 Å². The molecule has 96 valence electrons. The largest absolute Gasteiger partial charge is 0.494 e. The molecule has 1 aromatic carbocycles. The maximum absolute atomic E-state index is 13.6. The van der Waals surface area contributed by atoms with Crippen molar-refractivity contribution in [1.82, 2.24) is 0 Å². The van der Waals surface area contributed by atoms with Gasteiger partial charge in [0.05, 0.1) is 16.8 Å². The number of thiophene rings is 1. The summed E-state index contributed by atoms with van der Waals surface area (Å²) in [7, 11) is 1.43. The highest BCUT2D eigenvalue weighted by atomic mass is 35.5. The summed E-state index contributed by atoms with van der Waals surface area (Å²) >= 11 is 13.7. The van der Waals surface area contributed by atoms with Crippen LogP contribution in [0.3, 0.4) is 0 Å². The maximum atomic E-state index is 13.6. The first-order chi connectivity index (χ1) is 8.52. The lowest BCUT2D eigenvalue weighted by atomic mass is 10.1. The number of benzene rings is 1. The SMILES string of the molecule is COc1ccc(C(Cl)c2cc(C)c(Cl)s2)cc1F. The van der Waals surface area contributed by atoms with Gasteiger partial charge in [0.25, 0.3) is 0 Å². The Labute approximate surface area is 119 Å². The Hall–Kier alpha value is -0.770. The van der Waals surface area contributed by atoms with E-state index >= 15 is 0 Å². The Morgan fingerprint density at radius 2 is 2.06 bits per heavy atom. The lowest BCUT2D eigenvalue weighted by molar-refractivity contribution is 0.386. The van der Waals surface area contributed by atoms with E-state index in [0.717, 1.165) is 10.4 Å². The highest BCUT2D eigenvalue weighted by molar-refractivity contribution is 7.16. The van der Waals surface area contributed by atoms with E-state index in [1.54, 1.807) is 12.1 Å². The van der Waals surface area contributed by atoms with E-state index in [1.165, 1.54) is 24.5 Å². The molecule has 0 aliphatic heterocycles. The molecule has 1 heterocycles. The molecule has 1 unspecified atom stereocenters. The average Bonchev–Trinajstić information content (AvgIpc) is 2.68. The molecule has 0 bridgehead atoms. The Morgan fingerprint density at radius 3 is 2.56 bits per heavy atom. The van der Waals surface area contributed by atoms with Gasteiger partial charge in [-0.25, -0.2) is 4.39 Å². The smallest absolute Gasteiger partial charge is 0.165 e. The Bertz CT molecular complexity index is 549. The summed E-state index contributed by atoms with van der Waals surface area (Å²) in [5.41, 5.74) is 1.67. The molecule has 2 rings (SSSR count). The van der Waals surface area contributed by atoms with E-state index in [9.17, 15) is 4.39 Å². The Kier molecular flexibility index (Phi) is 4.15. The number of hydrogen-bond acceptors (Lipinski definition) is 2. The van der Waals surface area contributed by atoms with Crippen LogP contribution in [0.1, 0.15) is 21.4 Å². The molecule has 18 heavy (non-hydrogen) atoms. The molecule has 2 aromatic rings. The lowest BCUT2D eigenvalue weighted by Crippen LogP contribution is -1.94. The zero-order valence-corrected chi connectivity index (χ0v) is 12.2. The van der Waals surface area contributed by atoms with E-state index in [4.69, 9.17) is 27.9 Å². The summed E-state index contributed by atoms with van der Waals surface area (Å²) in [6, 6.07) is 6.64. The molecule has 0 aliphatic rings. The van der Waals surface area contributed by atoms with Crippen LogP contribution in [-0.2, 0) is 0 Å². The van der Waals surface area contributed by atoms with Gasteiger partial charge in [0.1, 0.15) is 0 Å². The van der Waals surface area contributed by atoms with Crippen molar-refractivity contribution in [1.29, 1.82) is 0 Å². The van der Waals surface area contributed by atoms with Gasteiger partial charge in [0.15, 0.2) is 11.6 Å². The lowest BCUT2D eigenvalue weighted by Gasteiger charge is -2.09. The minimum Gasteiger partial charge on any atom is -0.494 e. The quantitative estimate of drug-likeness (QED) is 0.709. The van der Waals surface area contributed by atoms with Gasteiger partial charge in [-0.1, -0.05) is 17.7 Å². The van der Waals surface area contributed by atoms with Crippen LogP contribution in [0.15, 0.2) is 24.3 Å². The van der Waals surface area contributed by atoms with Crippen molar-refractivity contribution >= 4 is 34.5 Å². The molecule has 0 saturated heterocycles. The molecular formula is C13H11Cl2FOS. The van der Waals surface area contributed by atoms with Crippen molar-refractivity contribution in [3.05, 3.63) is 50.4 Å². The van der Waals surface area contributed by atoms with E-state index in [-0.39, 0.29) is 5.75 Å². The third-order valence-electron chi connectivity index (χ3n) is 2.59. The topological polar surface area (TPSA) is 9.23 Å². The molecule has 0 amide bonds. The Balaban J connectivity index is 2.33. The van der Waals surface area contributed by atoms with Crippen LogP contribution in [-0.4, -0.2) is 7.11 Å². The number of rotatable bonds is 3. The second kappa shape index (κ2) is 5.47. The maximum Gasteiger partial charge on any atom is 0.165 e. The summed E-state index contributed by atoms with van der Waals surface area (Å²) in [5.74, 6) is -0.206. The van der Waals surface area contributed by atoms with Crippen LogP contribution in [0.5, 0.6) is 5.75 Å². The van der Waals surface area contributed by atoms with E-state index in [0.29, 0.717) is 9.90 Å². The van der Waals surface area contributed by atoms with Crippen molar-refractivity contribution in [2.45, 2.75) is 12.3 Å². The van der Waals surface area contributed by atoms with Gasteiger partial charge in [0, 0.05) is 4.88 Å². The molecule has 5 heteroatoms. The molecule has 0 radical (unpaired) electrons. The van der Waals surface area contributed by atoms with Crippen molar-refractivity contribution in [3.8, 4) is 5.75 Å². The van der Waals surface area contributed by atoms with Crippen LogP contribution in [0.2, 0.25) is 4.34 Å². The predicted molar refractivity (Wildman–Crippen MR) is 74.7 cm³/mol. The number of methoxy groups -OCH3 is 1. The van der Waals surface area contributed by atoms with Gasteiger partial charge in [-0.2, -0.15) is 0 Å². The van der Waals surface area contributed by atoms with Crippen LogP contribution < -0.4 is 4.74 Å². The summed E-state index contributed by atoms with van der Waals surface area (Å²) in [5, 5.41) is -0.401. The van der Waals surface area contributed by atoms with Crippen LogP contribution >= 0.6 is 34.5 Å². The van der Waals surface area contributed by atoms with Crippen molar-refractivity contribution in [2.24, 2.45) is 0 Å². The molecule has 0 aliphatic carbocycles. The van der Waals surface area contributed by atoms with Gasteiger partial charge in [-0.3, -0.25) is 0 Å². The number of halogens is 3. The normalized spacial score (nSPS) is 12.5. The molecule has 0 fully saturated rings. The molecular weight excluding hydrogens is 294 g/mol. The second-order valence-corrected chi connectivity index (χ2v) is 5.98. The first-order valence-corrected chi connectivity index (χ1v) is 6.89. The van der Waals surface area contributed by atoms with Crippen molar-refractivity contribution < 1.29 is 9.13 Å². The van der Waals surface area contributed by atoms with Crippen LogP contribution in [0.4, 0.5) is 4.39 Å². The minimum atomic E-state index is -0.417. The Morgan fingerprint density at radius 1 is 1.33 bits per heavy atom. The molecule has 0 N–H and O–H groups in total. The third kappa shape index (κ3) is 2.63. The monoisotopic (exact) mass is 304 g/mol. The number of ether oxygens (including phenoxy) is 1. The van der Waals surface area contributed by atoms with Gasteiger partial charge >= 0.3 is 0 Å². The second-order valence-electron chi connectivity index (χ2n) is 3.86. The number of hydrogen-bond donors (Lipinski definition) is 0. The minimum absolute atomic E-state index is 0.211. The predicted octanol–water partition coefficient (Wildman–Crippen LogP) is 5.19. The molecule has 1 nitrogen and oxygen atoms in total. The van der Waals surface area contributed by atoms with E-state index in [2.05, 4.69) is 0 Å². The third-order valence-corrected chi connectivity index (χ3v) is 4.83. The van der Waals surface area contributed by atoms with Crippen LogP contribution in [0, 0.1) is 12.7 Å². The van der Waals surface area contributed by atoms with Crippen LogP contribution in [0.25, 0.3) is 0 Å². The highest BCUT2D eigenvalue weighted by Crippen LogP contribution is 2.38. The van der Waals surface area contributed by atoms with Gasteiger partial charge < -0.3 is 4.74 Å². The first-order valence-electron chi connectivity index (χ1n) is 5.26. The molecule has 1 atom stereocenters. The molecule has 0 spiro atoms. The van der Waals surface area contributed by atoms with Crippen molar-refractivity contribution in [2.75, 3.05) is 7.11 Å². The fourth-order valence-electron chi connectivity index (χ4n) is 1.61. The average molecular weight is 305 g/mol.